The molecule has 0 aliphatic heterocycles. The Kier molecular flexibility index (Phi) is 4.24. The van der Waals surface area contributed by atoms with Crippen molar-refractivity contribution in [3.05, 3.63) is 70.0 Å². The van der Waals surface area contributed by atoms with E-state index < -0.39 is 28.4 Å². The monoisotopic (exact) mass is 289 g/mol. The summed E-state index contributed by atoms with van der Waals surface area (Å²) in [4.78, 5) is 21.6. The topological polar surface area (TPSA) is 98.3 Å². The van der Waals surface area contributed by atoms with E-state index in [-0.39, 0.29) is 5.69 Å². The number of rotatable bonds is 4. The molecule has 0 saturated carbocycles. The maximum Gasteiger partial charge on any atom is 0.304 e. The summed E-state index contributed by atoms with van der Waals surface area (Å²) in [5.41, 5.74) is 5.85. The second-order valence-electron chi connectivity index (χ2n) is 4.30. The summed E-state index contributed by atoms with van der Waals surface area (Å²) >= 11 is 0. The van der Waals surface area contributed by atoms with Crippen molar-refractivity contribution in [1.29, 1.82) is 0 Å². The van der Waals surface area contributed by atoms with Gasteiger partial charge in [0.2, 0.25) is 11.7 Å². The predicted molar refractivity (Wildman–Crippen MR) is 75.1 cm³/mol. The van der Waals surface area contributed by atoms with E-state index in [9.17, 15) is 19.3 Å². The first-order valence-electron chi connectivity index (χ1n) is 6.04. The predicted octanol–water partition coefficient (Wildman–Crippen LogP) is 2.37. The molecule has 0 aliphatic carbocycles. The van der Waals surface area contributed by atoms with E-state index in [1.54, 1.807) is 30.3 Å². The van der Waals surface area contributed by atoms with Crippen molar-refractivity contribution >= 4 is 17.3 Å². The lowest BCUT2D eigenvalue weighted by Gasteiger charge is -2.12. The molecule has 0 bridgehead atoms. The Balaban J connectivity index is 2.13. The third-order valence-electron chi connectivity index (χ3n) is 2.85. The molecule has 2 rings (SSSR count). The van der Waals surface area contributed by atoms with E-state index in [0.717, 1.165) is 12.1 Å². The molecule has 0 fully saturated rings. The number of nitro benzene ring substituents is 1. The third-order valence-corrected chi connectivity index (χ3v) is 2.85. The average Bonchev–Trinajstić information content (AvgIpc) is 2.47. The molecule has 1 atom stereocenters. The summed E-state index contributed by atoms with van der Waals surface area (Å²) in [7, 11) is 0. The van der Waals surface area contributed by atoms with Gasteiger partial charge in [0.15, 0.2) is 0 Å². The Morgan fingerprint density at radius 3 is 2.48 bits per heavy atom. The second-order valence-corrected chi connectivity index (χ2v) is 4.30. The zero-order valence-corrected chi connectivity index (χ0v) is 10.8. The van der Waals surface area contributed by atoms with Gasteiger partial charge in [-0.15, -0.1) is 0 Å². The van der Waals surface area contributed by atoms with Crippen molar-refractivity contribution in [2.45, 2.75) is 6.04 Å². The third kappa shape index (κ3) is 3.40. The van der Waals surface area contributed by atoms with Crippen LogP contribution in [0.2, 0.25) is 0 Å². The normalized spacial score (nSPS) is 11.7. The van der Waals surface area contributed by atoms with Crippen LogP contribution in [0.1, 0.15) is 11.6 Å². The van der Waals surface area contributed by atoms with Gasteiger partial charge < -0.3 is 11.1 Å². The Hall–Kier alpha value is -2.80. The summed E-state index contributed by atoms with van der Waals surface area (Å²) in [5.74, 6) is -1.56. The van der Waals surface area contributed by atoms with Gasteiger partial charge in [-0.1, -0.05) is 30.3 Å². The minimum atomic E-state index is -1.02. The van der Waals surface area contributed by atoms with Crippen molar-refractivity contribution < 1.29 is 14.1 Å². The van der Waals surface area contributed by atoms with Crippen molar-refractivity contribution in [1.82, 2.24) is 0 Å². The molecule has 0 saturated heterocycles. The zero-order valence-electron chi connectivity index (χ0n) is 10.8. The van der Waals surface area contributed by atoms with Gasteiger partial charge in [0.05, 0.1) is 4.92 Å². The summed E-state index contributed by atoms with van der Waals surface area (Å²) in [6.45, 7) is 0. The molecule has 0 aromatic heterocycles. The van der Waals surface area contributed by atoms with Crippen LogP contribution in [0.25, 0.3) is 0 Å². The lowest BCUT2D eigenvalue weighted by Crippen LogP contribution is -2.27. The van der Waals surface area contributed by atoms with Crippen LogP contribution in [0.5, 0.6) is 0 Å². The fourth-order valence-corrected chi connectivity index (χ4v) is 1.76. The quantitative estimate of drug-likeness (QED) is 0.666. The fraction of sp³-hybridized carbons (Fsp3) is 0.0714. The van der Waals surface area contributed by atoms with Crippen molar-refractivity contribution in [2.24, 2.45) is 5.73 Å². The molecule has 0 aliphatic rings. The van der Waals surface area contributed by atoms with Crippen LogP contribution in [-0.2, 0) is 4.79 Å². The Bertz CT molecular complexity index is 676. The minimum Gasteiger partial charge on any atom is -0.324 e. The smallest absolute Gasteiger partial charge is 0.304 e. The Morgan fingerprint density at radius 1 is 1.24 bits per heavy atom. The van der Waals surface area contributed by atoms with Gasteiger partial charge in [-0.2, -0.15) is 4.39 Å². The van der Waals surface area contributed by atoms with E-state index in [1.807, 2.05) is 0 Å². The number of hydrogen-bond donors (Lipinski definition) is 2. The maximum atomic E-state index is 13.5. The highest BCUT2D eigenvalue weighted by Gasteiger charge is 2.18. The average molecular weight is 289 g/mol. The van der Waals surface area contributed by atoms with E-state index >= 15 is 0 Å². The summed E-state index contributed by atoms with van der Waals surface area (Å²) in [6.07, 6.45) is 0. The molecule has 2 aromatic rings. The summed E-state index contributed by atoms with van der Waals surface area (Å²) in [5, 5.41) is 12.9. The summed E-state index contributed by atoms with van der Waals surface area (Å²) in [6, 6.07) is 10.9. The van der Waals surface area contributed by atoms with Gasteiger partial charge in [0.1, 0.15) is 6.04 Å². The Morgan fingerprint density at radius 2 is 1.90 bits per heavy atom. The molecule has 7 heteroatoms. The largest absolute Gasteiger partial charge is 0.324 e. The molecule has 108 valence electrons. The number of nitrogens with zero attached hydrogens (tertiary/aromatic N) is 1. The van der Waals surface area contributed by atoms with E-state index in [4.69, 9.17) is 5.73 Å². The highest BCUT2D eigenvalue weighted by Crippen LogP contribution is 2.21. The number of anilines is 1. The number of nitro groups is 1. The number of halogens is 1. The molecule has 0 radical (unpaired) electrons. The number of carbonyl (C=O) groups excluding carboxylic acids is 1. The van der Waals surface area contributed by atoms with Crippen LogP contribution in [0.4, 0.5) is 15.8 Å². The molecular weight excluding hydrogens is 277 g/mol. The number of hydrogen-bond acceptors (Lipinski definition) is 4. The standard InChI is InChI=1S/C14H12FN3O3/c15-11-8-10(6-7-12(11)18(20)21)17-14(19)13(16)9-4-2-1-3-5-9/h1-8,13H,16H2,(H,17,19)/t13-/m0/s1. The second kappa shape index (κ2) is 6.10. The SMILES string of the molecule is N[C@H](C(=O)Nc1ccc([N+](=O)[O-])c(F)c1)c1ccccc1. The van der Waals surface area contributed by atoms with Gasteiger partial charge in [0, 0.05) is 17.8 Å². The highest BCUT2D eigenvalue weighted by atomic mass is 19.1. The van der Waals surface area contributed by atoms with Crippen molar-refractivity contribution in [2.75, 3.05) is 5.32 Å². The van der Waals surface area contributed by atoms with Gasteiger partial charge in [-0.25, -0.2) is 0 Å². The van der Waals surface area contributed by atoms with Crippen LogP contribution in [0.3, 0.4) is 0 Å². The molecular formula is C14H12FN3O3. The first kappa shape index (κ1) is 14.6. The number of carbonyl (C=O) groups is 1. The van der Waals surface area contributed by atoms with Crippen LogP contribution >= 0.6 is 0 Å². The van der Waals surface area contributed by atoms with Crippen molar-refractivity contribution in [3.8, 4) is 0 Å². The lowest BCUT2D eigenvalue weighted by molar-refractivity contribution is -0.387. The zero-order chi connectivity index (χ0) is 15.4. The molecule has 2 aromatic carbocycles. The highest BCUT2D eigenvalue weighted by molar-refractivity contribution is 5.95. The number of nitrogens with one attached hydrogen (secondary N) is 1. The molecule has 1 amide bonds. The van der Waals surface area contributed by atoms with Crippen LogP contribution in [-0.4, -0.2) is 10.8 Å². The number of amides is 1. The van der Waals surface area contributed by atoms with Gasteiger partial charge >= 0.3 is 5.69 Å². The van der Waals surface area contributed by atoms with Crippen LogP contribution < -0.4 is 11.1 Å². The molecule has 0 unspecified atom stereocenters. The molecule has 6 nitrogen and oxygen atoms in total. The lowest BCUT2D eigenvalue weighted by atomic mass is 10.1. The number of nitrogens with two attached hydrogens (primary N) is 1. The van der Waals surface area contributed by atoms with E-state index in [2.05, 4.69) is 5.32 Å². The Labute approximate surface area is 119 Å². The molecule has 0 spiro atoms. The molecule has 3 N–H and O–H groups in total. The first-order valence-corrected chi connectivity index (χ1v) is 6.04. The molecule has 21 heavy (non-hydrogen) atoms. The van der Waals surface area contributed by atoms with Crippen LogP contribution in [0, 0.1) is 15.9 Å². The summed E-state index contributed by atoms with van der Waals surface area (Å²) < 4.78 is 13.5. The molecule has 0 heterocycles. The first-order chi connectivity index (χ1) is 9.99. The maximum absolute atomic E-state index is 13.5. The van der Waals surface area contributed by atoms with Crippen molar-refractivity contribution in [3.63, 3.8) is 0 Å². The van der Waals surface area contributed by atoms with E-state index in [0.29, 0.717) is 5.56 Å². The minimum absolute atomic E-state index is 0.106. The number of benzene rings is 2. The van der Waals surface area contributed by atoms with Gasteiger partial charge in [-0.05, 0) is 11.6 Å². The van der Waals surface area contributed by atoms with Gasteiger partial charge in [-0.3, -0.25) is 14.9 Å². The van der Waals surface area contributed by atoms with Gasteiger partial charge in [0.25, 0.3) is 0 Å². The van der Waals surface area contributed by atoms with Crippen LogP contribution in [0.15, 0.2) is 48.5 Å². The fourth-order valence-electron chi connectivity index (χ4n) is 1.76. The van der Waals surface area contributed by atoms with E-state index in [1.165, 1.54) is 6.07 Å².